The third kappa shape index (κ3) is 6.00. The quantitative estimate of drug-likeness (QED) is 0.379. The molecule has 0 radical (unpaired) electrons. The summed E-state index contributed by atoms with van der Waals surface area (Å²) in [6, 6.07) is 24.2. The van der Waals surface area contributed by atoms with Crippen molar-refractivity contribution in [3.63, 3.8) is 0 Å². The zero-order valence-corrected chi connectivity index (χ0v) is 20.5. The van der Waals surface area contributed by atoms with Crippen molar-refractivity contribution in [1.29, 1.82) is 0 Å². The minimum absolute atomic E-state index is 0.0510. The van der Waals surface area contributed by atoms with Crippen LogP contribution in [0.4, 0.5) is 5.69 Å². The molecular weight excluding hydrogens is 484 g/mol. The van der Waals surface area contributed by atoms with Crippen molar-refractivity contribution in [2.75, 3.05) is 24.5 Å². The first-order valence-electron chi connectivity index (χ1n) is 11.2. The zero-order chi connectivity index (χ0) is 22.3. The fourth-order valence-electron chi connectivity index (χ4n) is 4.27. The van der Waals surface area contributed by atoms with Crippen LogP contribution in [0.5, 0.6) is 0 Å². The molecule has 1 amide bonds. The Kier molecular flexibility index (Phi) is 8.01. The van der Waals surface area contributed by atoms with Crippen molar-refractivity contribution < 1.29 is 4.79 Å². The van der Waals surface area contributed by atoms with Crippen LogP contribution in [0.15, 0.2) is 77.3 Å². The van der Waals surface area contributed by atoms with Gasteiger partial charge in [0.05, 0.1) is 0 Å². The lowest BCUT2D eigenvalue weighted by atomic mass is 9.99. The number of carbonyl (C=O) groups is 1. The minimum atomic E-state index is 0.0510. The maximum Gasteiger partial charge on any atom is 0.258 e. The Balaban J connectivity index is 1.64. The Labute approximate surface area is 204 Å². The molecule has 0 aromatic heterocycles. The fourth-order valence-corrected chi connectivity index (χ4v) is 4.81. The Bertz CT molecular complexity index is 1040. The van der Waals surface area contributed by atoms with Crippen LogP contribution in [-0.4, -0.2) is 30.4 Å². The lowest BCUT2D eigenvalue weighted by molar-refractivity contribution is 0.0981. The molecule has 0 unspecified atom stereocenters. The van der Waals surface area contributed by atoms with Gasteiger partial charge in [0.15, 0.2) is 0 Å². The fraction of sp³-hybridized carbons (Fsp3) is 0.296. The van der Waals surface area contributed by atoms with Crippen LogP contribution in [0.3, 0.4) is 0 Å². The van der Waals surface area contributed by atoms with E-state index in [-0.39, 0.29) is 5.91 Å². The second kappa shape index (κ2) is 11.1. The van der Waals surface area contributed by atoms with E-state index in [1.54, 1.807) is 0 Å². The predicted molar refractivity (Wildman–Crippen MR) is 137 cm³/mol. The average molecular weight is 512 g/mol. The van der Waals surface area contributed by atoms with E-state index in [2.05, 4.69) is 57.2 Å². The number of hydrogen-bond acceptors (Lipinski definition) is 2. The highest BCUT2D eigenvalue weighted by Gasteiger charge is 2.22. The zero-order valence-electron chi connectivity index (χ0n) is 18.1. The molecule has 1 aliphatic heterocycles. The van der Waals surface area contributed by atoms with Gasteiger partial charge in [0.25, 0.3) is 5.91 Å². The summed E-state index contributed by atoms with van der Waals surface area (Å²) in [5.41, 5.74) is 4.09. The van der Waals surface area contributed by atoms with Gasteiger partial charge in [-0.25, -0.2) is 0 Å². The van der Waals surface area contributed by atoms with Gasteiger partial charge in [-0.2, -0.15) is 0 Å². The summed E-state index contributed by atoms with van der Waals surface area (Å²) in [5, 5.41) is 0.672. The standard InChI is InChI=1S/C27H28BrClN2O/c28-23-10-15-26-22(19-23)9-5-2-6-16-30(20-21-7-3-1-4-8-21)17-18-31(27(26)32)25-13-11-24(29)12-14-25/h1,3-4,7-8,10-15,19H,2,5-6,9,16-18,20H2. The summed E-state index contributed by atoms with van der Waals surface area (Å²) in [5.74, 6) is 0.0510. The lowest BCUT2D eigenvalue weighted by Gasteiger charge is -2.29. The Morgan fingerprint density at radius 2 is 1.62 bits per heavy atom. The highest BCUT2D eigenvalue weighted by atomic mass is 79.9. The number of aryl methyl sites for hydroxylation is 1. The molecule has 0 atom stereocenters. The van der Waals surface area contributed by atoms with Crippen LogP contribution >= 0.6 is 27.5 Å². The smallest absolute Gasteiger partial charge is 0.258 e. The monoisotopic (exact) mass is 510 g/mol. The molecule has 3 aromatic rings. The number of rotatable bonds is 3. The molecular formula is C27H28BrClN2O. The molecule has 0 saturated carbocycles. The number of amides is 1. The summed E-state index contributed by atoms with van der Waals surface area (Å²) in [4.78, 5) is 18.1. The van der Waals surface area contributed by atoms with Crippen molar-refractivity contribution >= 4 is 39.1 Å². The van der Waals surface area contributed by atoms with Crippen LogP contribution in [0, 0.1) is 0 Å². The normalized spacial score (nSPS) is 16.2. The van der Waals surface area contributed by atoms with E-state index in [9.17, 15) is 4.79 Å². The number of nitrogens with zero attached hydrogens (tertiary/aromatic N) is 2. The third-order valence-electron chi connectivity index (χ3n) is 5.99. The molecule has 32 heavy (non-hydrogen) atoms. The summed E-state index contributed by atoms with van der Waals surface area (Å²) < 4.78 is 1.02. The lowest BCUT2D eigenvalue weighted by Crippen LogP contribution is -2.39. The number of benzene rings is 3. The van der Waals surface area contributed by atoms with E-state index in [4.69, 9.17) is 11.6 Å². The van der Waals surface area contributed by atoms with Gasteiger partial charge < -0.3 is 4.90 Å². The Morgan fingerprint density at radius 3 is 2.41 bits per heavy atom. The van der Waals surface area contributed by atoms with Crippen LogP contribution in [-0.2, 0) is 13.0 Å². The first-order chi connectivity index (χ1) is 15.6. The highest BCUT2D eigenvalue weighted by Crippen LogP contribution is 2.25. The molecule has 0 bridgehead atoms. The van der Waals surface area contributed by atoms with Gasteiger partial charge >= 0.3 is 0 Å². The van der Waals surface area contributed by atoms with Gasteiger partial charge in [-0.3, -0.25) is 9.69 Å². The molecule has 166 valence electrons. The van der Waals surface area contributed by atoms with Gasteiger partial charge in [-0.1, -0.05) is 64.3 Å². The molecule has 0 fully saturated rings. The van der Waals surface area contributed by atoms with Gasteiger partial charge in [0.2, 0.25) is 0 Å². The third-order valence-corrected chi connectivity index (χ3v) is 6.74. The summed E-state index contributed by atoms with van der Waals surface area (Å²) in [6.07, 6.45) is 4.31. The van der Waals surface area contributed by atoms with Crippen LogP contribution < -0.4 is 4.90 Å². The maximum absolute atomic E-state index is 13.8. The molecule has 1 aliphatic rings. The molecule has 1 heterocycles. The molecule has 5 heteroatoms. The molecule has 0 spiro atoms. The van der Waals surface area contributed by atoms with Crippen molar-refractivity contribution in [3.05, 3.63) is 99.0 Å². The number of halogens is 2. The summed E-state index contributed by atoms with van der Waals surface area (Å²) >= 11 is 9.71. The predicted octanol–water partition coefficient (Wildman–Crippen LogP) is 6.98. The van der Waals surface area contributed by atoms with Crippen LogP contribution in [0.2, 0.25) is 5.02 Å². The second-order valence-electron chi connectivity index (χ2n) is 8.31. The number of carbonyl (C=O) groups excluding carboxylic acids is 1. The summed E-state index contributed by atoms with van der Waals surface area (Å²) in [6.45, 7) is 3.37. The van der Waals surface area contributed by atoms with Crippen molar-refractivity contribution in [3.8, 4) is 0 Å². The molecule has 0 aliphatic carbocycles. The van der Waals surface area contributed by atoms with Crippen LogP contribution in [0.1, 0.15) is 40.7 Å². The van der Waals surface area contributed by atoms with Gasteiger partial charge in [-0.05, 0) is 79.4 Å². The van der Waals surface area contributed by atoms with E-state index < -0.39 is 0 Å². The van der Waals surface area contributed by atoms with Crippen molar-refractivity contribution in [2.45, 2.75) is 32.2 Å². The Hall–Kier alpha value is -2.14. The highest BCUT2D eigenvalue weighted by molar-refractivity contribution is 9.10. The second-order valence-corrected chi connectivity index (χ2v) is 9.66. The molecule has 0 saturated heterocycles. The van der Waals surface area contributed by atoms with Crippen LogP contribution in [0.25, 0.3) is 0 Å². The Morgan fingerprint density at radius 1 is 0.844 bits per heavy atom. The van der Waals surface area contributed by atoms with Gasteiger partial charge in [0, 0.05) is 40.4 Å². The van der Waals surface area contributed by atoms with E-state index in [1.807, 2.05) is 41.3 Å². The van der Waals surface area contributed by atoms with E-state index in [1.165, 1.54) is 5.56 Å². The van der Waals surface area contributed by atoms with E-state index >= 15 is 0 Å². The van der Waals surface area contributed by atoms with Gasteiger partial charge in [-0.15, -0.1) is 0 Å². The van der Waals surface area contributed by atoms with E-state index in [0.717, 1.165) is 66.6 Å². The average Bonchev–Trinajstić information content (AvgIpc) is 2.79. The first-order valence-corrected chi connectivity index (χ1v) is 12.4. The van der Waals surface area contributed by atoms with Crippen molar-refractivity contribution in [1.82, 2.24) is 4.90 Å². The largest absolute Gasteiger partial charge is 0.307 e. The van der Waals surface area contributed by atoms with E-state index in [0.29, 0.717) is 11.6 Å². The molecule has 3 aromatic carbocycles. The number of anilines is 1. The van der Waals surface area contributed by atoms with Gasteiger partial charge in [0.1, 0.15) is 0 Å². The summed E-state index contributed by atoms with van der Waals surface area (Å²) in [7, 11) is 0. The molecule has 0 N–H and O–H groups in total. The number of fused-ring (bicyclic) bond motifs is 1. The maximum atomic E-state index is 13.8. The topological polar surface area (TPSA) is 23.6 Å². The number of hydrogen-bond donors (Lipinski definition) is 0. The SMILES string of the molecule is O=C1c2ccc(Br)cc2CCCCCN(Cc2ccccc2)CCN1c1ccc(Cl)cc1. The molecule has 3 nitrogen and oxygen atoms in total. The minimum Gasteiger partial charge on any atom is -0.307 e. The molecule has 4 rings (SSSR count). The first kappa shape index (κ1) is 23.0. The van der Waals surface area contributed by atoms with Crippen molar-refractivity contribution in [2.24, 2.45) is 0 Å².